The maximum atomic E-state index is 12.6. The summed E-state index contributed by atoms with van der Waals surface area (Å²) in [5.41, 5.74) is 2.15. The van der Waals surface area contributed by atoms with E-state index in [1.807, 2.05) is 31.2 Å². The third-order valence-electron chi connectivity index (χ3n) is 4.41. The van der Waals surface area contributed by atoms with Gasteiger partial charge in [0.1, 0.15) is 0 Å². The molecule has 0 bridgehead atoms. The maximum Gasteiger partial charge on any atom is 0.255 e. The van der Waals surface area contributed by atoms with Gasteiger partial charge in [0.25, 0.3) is 5.91 Å². The minimum Gasteiger partial charge on any atom is -0.348 e. The molecule has 1 amide bonds. The van der Waals surface area contributed by atoms with E-state index >= 15 is 0 Å². The summed E-state index contributed by atoms with van der Waals surface area (Å²) < 4.78 is 1.71. The van der Waals surface area contributed by atoms with Crippen LogP contribution in [0.4, 0.5) is 0 Å². The van der Waals surface area contributed by atoms with Gasteiger partial charge in [-0.3, -0.25) is 4.79 Å². The fourth-order valence-electron chi connectivity index (χ4n) is 2.99. The first-order chi connectivity index (χ1) is 11.1. The van der Waals surface area contributed by atoms with E-state index in [2.05, 4.69) is 22.7 Å². The monoisotopic (exact) mass is 332 g/mol. The number of carbonyl (C=O) groups excluding carboxylic acids is 1. The SMILES string of the molecule is Cc1c(C(=O)NC2CCCNC2C)cnn1-c1ccccc1Cl. The maximum absolute atomic E-state index is 12.6. The van der Waals surface area contributed by atoms with Gasteiger partial charge < -0.3 is 10.6 Å². The number of carbonyl (C=O) groups is 1. The average molecular weight is 333 g/mol. The van der Waals surface area contributed by atoms with Crippen molar-refractivity contribution in [1.29, 1.82) is 0 Å². The first kappa shape index (κ1) is 16.0. The number of amides is 1. The van der Waals surface area contributed by atoms with E-state index in [-0.39, 0.29) is 18.0 Å². The van der Waals surface area contributed by atoms with Gasteiger partial charge in [-0.25, -0.2) is 4.68 Å². The van der Waals surface area contributed by atoms with Gasteiger partial charge in [0, 0.05) is 12.1 Å². The van der Waals surface area contributed by atoms with E-state index in [9.17, 15) is 4.79 Å². The molecule has 0 saturated carbocycles. The Kier molecular flexibility index (Phi) is 4.68. The normalized spacial score (nSPS) is 21.2. The largest absolute Gasteiger partial charge is 0.348 e. The number of nitrogens with zero attached hydrogens (tertiary/aromatic N) is 2. The van der Waals surface area contributed by atoms with Crippen LogP contribution in [0.15, 0.2) is 30.5 Å². The van der Waals surface area contributed by atoms with Crippen LogP contribution in [-0.4, -0.2) is 34.3 Å². The highest BCUT2D eigenvalue weighted by Gasteiger charge is 2.24. The Morgan fingerprint density at radius 3 is 2.96 bits per heavy atom. The first-order valence-electron chi connectivity index (χ1n) is 7.91. The summed E-state index contributed by atoms with van der Waals surface area (Å²) in [7, 11) is 0. The van der Waals surface area contributed by atoms with Gasteiger partial charge in [-0.05, 0) is 45.4 Å². The molecule has 1 aromatic heterocycles. The molecule has 2 heterocycles. The van der Waals surface area contributed by atoms with Gasteiger partial charge in [-0.15, -0.1) is 0 Å². The van der Waals surface area contributed by atoms with Gasteiger partial charge in [0.15, 0.2) is 0 Å². The zero-order chi connectivity index (χ0) is 16.4. The summed E-state index contributed by atoms with van der Waals surface area (Å²) in [6.45, 7) is 4.99. The van der Waals surface area contributed by atoms with Crippen molar-refractivity contribution in [3.63, 3.8) is 0 Å². The Morgan fingerprint density at radius 1 is 1.43 bits per heavy atom. The number of nitrogens with one attached hydrogen (secondary N) is 2. The zero-order valence-electron chi connectivity index (χ0n) is 13.3. The van der Waals surface area contributed by atoms with Gasteiger partial charge in [0.05, 0.1) is 28.2 Å². The summed E-state index contributed by atoms with van der Waals surface area (Å²) in [4.78, 5) is 12.6. The van der Waals surface area contributed by atoms with Crippen molar-refractivity contribution < 1.29 is 4.79 Å². The number of rotatable bonds is 3. The lowest BCUT2D eigenvalue weighted by molar-refractivity contribution is 0.0919. The number of aromatic nitrogens is 2. The second-order valence-electron chi connectivity index (χ2n) is 5.97. The molecule has 1 fully saturated rings. The number of piperidine rings is 1. The molecule has 0 aliphatic carbocycles. The molecule has 2 atom stereocenters. The lowest BCUT2D eigenvalue weighted by Gasteiger charge is -2.30. The Labute approximate surface area is 141 Å². The molecule has 2 aromatic rings. The molecule has 0 radical (unpaired) electrons. The second-order valence-corrected chi connectivity index (χ2v) is 6.38. The number of para-hydroxylation sites is 1. The van der Waals surface area contributed by atoms with Crippen molar-refractivity contribution >= 4 is 17.5 Å². The third kappa shape index (κ3) is 3.26. The molecular weight excluding hydrogens is 312 g/mol. The van der Waals surface area contributed by atoms with Crippen LogP contribution in [0.3, 0.4) is 0 Å². The molecule has 2 N–H and O–H groups in total. The van der Waals surface area contributed by atoms with Crippen molar-refractivity contribution in [1.82, 2.24) is 20.4 Å². The molecule has 0 spiro atoms. The minimum atomic E-state index is -0.0821. The average Bonchev–Trinajstić information content (AvgIpc) is 2.92. The Bertz CT molecular complexity index is 712. The van der Waals surface area contributed by atoms with Crippen LogP contribution in [0.2, 0.25) is 5.02 Å². The molecule has 1 saturated heterocycles. The van der Waals surface area contributed by atoms with Crippen LogP contribution in [0.5, 0.6) is 0 Å². The van der Waals surface area contributed by atoms with Gasteiger partial charge >= 0.3 is 0 Å². The molecular formula is C17H21ClN4O. The standard InChI is InChI=1S/C17H21ClN4O/c1-11-15(7-5-9-19-11)21-17(23)13-10-20-22(12(13)2)16-8-4-3-6-14(16)18/h3-4,6,8,10-11,15,19H,5,7,9H2,1-2H3,(H,21,23). The first-order valence-corrected chi connectivity index (χ1v) is 8.29. The molecule has 6 heteroatoms. The van der Waals surface area contributed by atoms with Crippen LogP contribution < -0.4 is 10.6 Å². The Hall–Kier alpha value is -1.85. The molecule has 5 nitrogen and oxygen atoms in total. The van der Waals surface area contributed by atoms with Gasteiger partial charge in [0.2, 0.25) is 0 Å². The molecule has 1 aromatic carbocycles. The quantitative estimate of drug-likeness (QED) is 0.908. The van der Waals surface area contributed by atoms with E-state index in [1.54, 1.807) is 10.9 Å². The van der Waals surface area contributed by atoms with Crippen LogP contribution >= 0.6 is 11.6 Å². The van der Waals surface area contributed by atoms with E-state index < -0.39 is 0 Å². The van der Waals surface area contributed by atoms with Crippen molar-refractivity contribution in [2.75, 3.05) is 6.54 Å². The zero-order valence-corrected chi connectivity index (χ0v) is 14.1. The van der Waals surface area contributed by atoms with Crippen molar-refractivity contribution in [2.45, 2.75) is 38.8 Å². The summed E-state index contributed by atoms with van der Waals surface area (Å²) >= 11 is 6.22. The molecule has 122 valence electrons. The predicted octanol–water partition coefficient (Wildman–Crippen LogP) is 2.70. The highest BCUT2D eigenvalue weighted by Crippen LogP contribution is 2.22. The lowest BCUT2D eigenvalue weighted by atomic mass is 9.99. The smallest absolute Gasteiger partial charge is 0.255 e. The van der Waals surface area contributed by atoms with Crippen LogP contribution in [0.25, 0.3) is 5.69 Å². The fraction of sp³-hybridized carbons (Fsp3) is 0.412. The van der Waals surface area contributed by atoms with E-state index in [0.717, 1.165) is 30.8 Å². The lowest BCUT2D eigenvalue weighted by Crippen LogP contribution is -2.51. The van der Waals surface area contributed by atoms with Crippen molar-refractivity contribution in [3.8, 4) is 5.69 Å². The third-order valence-corrected chi connectivity index (χ3v) is 4.73. The van der Waals surface area contributed by atoms with Crippen molar-refractivity contribution in [2.24, 2.45) is 0 Å². The summed E-state index contributed by atoms with van der Waals surface area (Å²) in [5.74, 6) is -0.0821. The fourth-order valence-corrected chi connectivity index (χ4v) is 3.20. The number of hydrogen-bond donors (Lipinski definition) is 2. The summed E-state index contributed by atoms with van der Waals surface area (Å²) in [5, 5.41) is 11.4. The Balaban J connectivity index is 1.81. The van der Waals surface area contributed by atoms with E-state index in [1.165, 1.54) is 0 Å². The molecule has 2 unspecified atom stereocenters. The predicted molar refractivity (Wildman–Crippen MR) is 91.3 cm³/mol. The van der Waals surface area contributed by atoms with Crippen molar-refractivity contribution in [3.05, 3.63) is 46.7 Å². The number of halogens is 1. The molecule has 23 heavy (non-hydrogen) atoms. The highest BCUT2D eigenvalue weighted by atomic mass is 35.5. The number of benzene rings is 1. The number of hydrogen-bond acceptors (Lipinski definition) is 3. The van der Waals surface area contributed by atoms with Crippen LogP contribution in [-0.2, 0) is 0 Å². The van der Waals surface area contributed by atoms with E-state index in [0.29, 0.717) is 10.6 Å². The van der Waals surface area contributed by atoms with Crippen LogP contribution in [0, 0.1) is 6.92 Å². The highest BCUT2D eigenvalue weighted by molar-refractivity contribution is 6.32. The van der Waals surface area contributed by atoms with Gasteiger partial charge in [-0.2, -0.15) is 5.10 Å². The second kappa shape index (κ2) is 6.72. The molecule has 1 aliphatic rings. The summed E-state index contributed by atoms with van der Waals surface area (Å²) in [6.07, 6.45) is 3.68. The Morgan fingerprint density at radius 2 is 2.22 bits per heavy atom. The van der Waals surface area contributed by atoms with E-state index in [4.69, 9.17) is 11.6 Å². The van der Waals surface area contributed by atoms with Crippen LogP contribution in [0.1, 0.15) is 35.8 Å². The summed E-state index contributed by atoms with van der Waals surface area (Å²) in [6, 6.07) is 7.91. The minimum absolute atomic E-state index is 0.0821. The molecule has 3 rings (SSSR count). The molecule has 1 aliphatic heterocycles. The topological polar surface area (TPSA) is 59.0 Å². The van der Waals surface area contributed by atoms with Gasteiger partial charge in [-0.1, -0.05) is 23.7 Å².